The zero-order chi connectivity index (χ0) is 29.3. The van der Waals surface area contributed by atoms with Crippen LogP contribution in [0.5, 0.6) is 11.5 Å². The van der Waals surface area contributed by atoms with Gasteiger partial charge in [-0.25, -0.2) is 4.79 Å². The van der Waals surface area contributed by atoms with Gasteiger partial charge in [-0.1, -0.05) is 24.3 Å². The molecular formula is C31H27BrN2O7. The van der Waals surface area contributed by atoms with Crippen molar-refractivity contribution in [2.24, 2.45) is 0 Å². The summed E-state index contributed by atoms with van der Waals surface area (Å²) in [5.74, 6) is -0.537. The molecule has 3 aromatic carbocycles. The van der Waals surface area contributed by atoms with E-state index in [0.717, 1.165) is 11.1 Å². The highest BCUT2D eigenvalue weighted by Gasteiger charge is 2.43. The number of hydrogen-bond acceptors (Lipinski definition) is 8. The van der Waals surface area contributed by atoms with Gasteiger partial charge in [-0.3, -0.25) is 14.9 Å². The number of carbonyl (C=O) groups excluding carboxylic acids is 2. The summed E-state index contributed by atoms with van der Waals surface area (Å²) >= 11 is 3.61. The van der Waals surface area contributed by atoms with Gasteiger partial charge in [-0.2, -0.15) is 0 Å². The van der Waals surface area contributed by atoms with E-state index < -0.39 is 16.8 Å². The SMILES string of the molecule is CCOC(=O)C1=C(C)NC2=C(C(=O)c3ccccc32)[C@H]1c1cc(Br)c(OCc2ccc([N+](=O)[O-])cc2)c(OCC)c1. The smallest absolute Gasteiger partial charge is 0.336 e. The van der Waals surface area contributed by atoms with Crippen molar-refractivity contribution in [1.29, 1.82) is 0 Å². The average molecular weight is 619 g/mol. The van der Waals surface area contributed by atoms with E-state index in [1.165, 1.54) is 12.1 Å². The van der Waals surface area contributed by atoms with Crippen LogP contribution in [0.1, 0.15) is 53.7 Å². The number of esters is 1. The number of carbonyl (C=O) groups is 2. The number of nitrogens with one attached hydrogen (secondary N) is 1. The maximum absolute atomic E-state index is 13.8. The lowest BCUT2D eigenvalue weighted by Gasteiger charge is -2.30. The van der Waals surface area contributed by atoms with Gasteiger partial charge in [0.15, 0.2) is 17.3 Å². The summed E-state index contributed by atoms with van der Waals surface area (Å²) in [4.78, 5) is 37.6. The van der Waals surface area contributed by atoms with Crippen LogP contribution in [-0.2, 0) is 16.1 Å². The molecule has 0 amide bonds. The molecule has 0 saturated heterocycles. The van der Waals surface area contributed by atoms with E-state index in [2.05, 4.69) is 21.2 Å². The number of dihydropyridines is 1. The molecule has 3 aromatic rings. The second-order valence-corrected chi connectivity index (χ2v) is 10.3. The number of nitro groups is 1. The van der Waals surface area contributed by atoms with E-state index in [-0.39, 0.29) is 24.7 Å². The fraction of sp³-hybridized carbons (Fsp3) is 0.226. The topological polar surface area (TPSA) is 117 Å². The van der Waals surface area contributed by atoms with E-state index in [4.69, 9.17) is 14.2 Å². The van der Waals surface area contributed by atoms with Gasteiger partial charge in [-0.15, -0.1) is 0 Å². The standard InChI is InChI=1S/C31H27BrN2O7/c1-4-39-24-15-19(14-23(32)30(24)41-16-18-10-12-20(13-11-18)34(37)38)26-25(31(36)40-5-2)17(3)33-28-21-8-6-7-9-22(21)29(35)27(26)28/h6-15,26,33H,4-5,16H2,1-3H3/t26-/m0/s1. The minimum absolute atomic E-state index is 0.00528. The Labute approximate surface area is 245 Å². The Morgan fingerprint density at radius 1 is 1.02 bits per heavy atom. The summed E-state index contributed by atoms with van der Waals surface area (Å²) < 4.78 is 18.1. The average Bonchev–Trinajstić information content (AvgIpc) is 3.23. The molecule has 0 fully saturated rings. The normalized spacial score (nSPS) is 15.7. The molecule has 2 aliphatic rings. The minimum Gasteiger partial charge on any atom is -0.490 e. The van der Waals surface area contributed by atoms with Gasteiger partial charge in [0.05, 0.1) is 33.9 Å². The second-order valence-electron chi connectivity index (χ2n) is 9.46. The first kappa shape index (κ1) is 28.1. The Morgan fingerprint density at radius 3 is 2.39 bits per heavy atom. The highest BCUT2D eigenvalue weighted by molar-refractivity contribution is 9.10. The lowest BCUT2D eigenvalue weighted by molar-refractivity contribution is -0.384. The summed E-state index contributed by atoms with van der Waals surface area (Å²) in [5.41, 5.74) is 4.83. The van der Waals surface area contributed by atoms with E-state index >= 15 is 0 Å². The molecule has 1 aliphatic carbocycles. The van der Waals surface area contributed by atoms with Gasteiger partial charge in [0.1, 0.15) is 6.61 Å². The van der Waals surface area contributed by atoms with Crippen molar-refractivity contribution in [3.8, 4) is 11.5 Å². The summed E-state index contributed by atoms with van der Waals surface area (Å²) in [7, 11) is 0. The number of halogens is 1. The first-order valence-electron chi connectivity index (χ1n) is 13.1. The van der Waals surface area contributed by atoms with Crippen LogP contribution >= 0.6 is 15.9 Å². The summed E-state index contributed by atoms with van der Waals surface area (Å²) in [6.45, 7) is 6.05. The number of non-ortho nitro benzene ring substituents is 1. The van der Waals surface area contributed by atoms with Crippen molar-refractivity contribution < 1.29 is 28.7 Å². The first-order valence-corrected chi connectivity index (χ1v) is 13.9. The zero-order valence-corrected chi connectivity index (χ0v) is 24.2. The van der Waals surface area contributed by atoms with E-state index in [9.17, 15) is 19.7 Å². The van der Waals surface area contributed by atoms with Gasteiger partial charge in [-0.05, 0) is 72.1 Å². The molecule has 0 spiro atoms. The number of nitrogens with zero attached hydrogens (tertiary/aromatic N) is 1. The van der Waals surface area contributed by atoms with Gasteiger partial charge in [0.2, 0.25) is 0 Å². The molecule has 10 heteroatoms. The molecule has 5 rings (SSSR count). The number of benzene rings is 3. The molecule has 1 aliphatic heterocycles. The summed E-state index contributed by atoms with van der Waals surface area (Å²) in [6.07, 6.45) is 0. The van der Waals surface area contributed by atoms with Crippen molar-refractivity contribution in [2.45, 2.75) is 33.3 Å². The maximum Gasteiger partial charge on any atom is 0.336 e. The third kappa shape index (κ3) is 5.22. The quantitative estimate of drug-likeness (QED) is 0.165. The van der Waals surface area contributed by atoms with Crippen LogP contribution in [0.4, 0.5) is 5.69 Å². The predicted molar refractivity (Wildman–Crippen MR) is 156 cm³/mol. The lowest BCUT2D eigenvalue weighted by Crippen LogP contribution is -2.29. The lowest BCUT2D eigenvalue weighted by atomic mass is 9.79. The van der Waals surface area contributed by atoms with Crippen molar-refractivity contribution >= 4 is 39.1 Å². The molecule has 0 unspecified atom stereocenters. The number of fused-ring (bicyclic) bond motifs is 2. The van der Waals surface area contributed by atoms with Crippen LogP contribution in [0.25, 0.3) is 5.70 Å². The highest BCUT2D eigenvalue weighted by atomic mass is 79.9. The Hall–Kier alpha value is -4.44. The van der Waals surface area contributed by atoms with Crippen molar-refractivity contribution in [3.63, 3.8) is 0 Å². The Bertz CT molecular complexity index is 1630. The van der Waals surface area contributed by atoms with Crippen LogP contribution in [0.15, 0.2) is 82.0 Å². The maximum atomic E-state index is 13.8. The third-order valence-electron chi connectivity index (χ3n) is 6.94. The number of allylic oxidation sites excluding steroid dienone is 2. The Balaban J connectivity index is 1.58. The van der Waals surface area contributed by atoms with Gasteiger partial charge >= 0.3 is 5.97 Å². The molecule has 1 heterocycles. The monoisotopic (exact) mass is 618 g/mol. The van der Waals surface area contributed by atoms with Gasteiger partial charge < -0.3 is 19.5 Å². The molecule has 41 heavy (non-hydrogen) atoms. The number of Topliss-reactive ketones (excluding diaryl/α,β-unsaturated/α-hetero) is 1. The molecule has 9 nitrogen and oxygen atoms in total. The fourth-order valence-electron chi connectivity index (χ4n) is 5.17. The predicted octanol–water partition coefficient (Wildman–Crippen LogP) is 6.47. The van der Waals surface area contributed by atoms with Crippen molar-refractivity contribution in [2.75, 3.05) is 13.2 Å². The minimum atomic E-state index is -0.718. The van der Waals surface area contributed by atoms with Crippen molar-refractivity contribution in [3.05, 3.63) is 114 Å². The zero-order valence-electron chi connectivity index (χ0n) is 22.7. The number of nitro benzene ring substituents is 1. The van der Waals surface area contributed by atoms with Gasteiger partial charge in [0, 0.05) is 40.4 Å². The summed E-state index contributed by atoms with van der Waals surface area (Å²) in [5, 5.41) is 14.3. The van der Waals surface area contributed by atoms with Crippen LogP contribution in [0, 0.1) is 10.1 Å². The molecule has 0 bridgehead atoms. The van der Waals surface area contributed by atoms with E-state index in [0.29, 0.717) is 56.2 Å². The number of ketones is 1. The Morgan fingerprint density at radius 2 is 1.73 bits per heavy atom. The largest absolute Gasteiger partial charge is 0.490 e. The Kier molecular flexibility index (Phi) is 7.94. The van der Waals surface area contributed by atoms with Crippen LogP contribution < -0.4 is 14.8 Å². The number of hydrogen-bond donors (Lipinski definition) is 1. The van der Waals surface area contributed by atoms with Crippen molar-refractivity contribution in [1.82, 2.24) is 5.32 Å². The molecular weight excluding hydrogens is 592 g/mol. The first-order chi connectivity index (χ1) is 19.7. The molecule has 1 atom stereocenters. The number of rotatable bonds is 9. The van der Waals surface area contributed by atoms with Gasteiger partial charge in [0.25, 0.3) is 5.69 Å². The molecule has 0 aromatic heterocycles. The van der Waals surface area contributed by atoms with E-state index in [1.54, 1.807) is 38.1 Å². The molecule has 0 radical (unpaired) electrons. The third-order valence-corrected chi connectivity index (χ3v) is 7.53. The fourth-order valence-corrected chi connectivity index (χ4v) is 5.74. The summed E-state index contributed by atoms with van der Waals surface area (Å²) in [6, 6.07) is 17.1. The molecule has 1 N–H and O–H groups in total. The van der Waals surface area contributed by atoms with Crippen LogP contribution in [0.2, 0.25) is 0 Å². The second kappa shape index (κ2) is 11.6. The number of ether oxygens (including phenoxy) is 3. The van der Waals surface area contributed by atoms with E-state index in [1.807, 2.05) is 31.2 Å². The van der Waals surface area contributed by atoms with Crippen LogP contribution in [0.3, 0.4) is 0 Å². The van der Waals surface area contributed by atoms with Crippen LogP contribution in [-0.4, -0.2) is 29.9 Å². The molecule has 210 valence electrons. The molecule has 0 saturated carbocycles. The highest BCUT2D eigenvalue weighted by Crippen LogP contribution is 2.49.